The zero-order chi connectivity index (χ0) is 14.5. The fourth-order valence-corrected chi connectivity index (χ4v) is 2.50. The number of aryl methyl sites for hydroxylation is 2. The lowest BCUT2D eigenvalue weighted by Crippen LogP contribution is -2.06. The van der Waals surface area contributed by atoms with Crippen LogP contribution in [0.5, 0.6) is 0 Å². The quantitative estimate of drug-likeness (QED) is 0.677. The molecule has 0 heterocycles. The Kier molecular flexibility index (Phi) is 5.13. The highest BCUT2D eigenvalue weighted by molar-refractivity contribution is 6.20. The predicted octanol–water partition coefficient (Wildman–Crippen LogP) is 5.06. The monoisotopic (exact) mass is 294 g/mol. The van der Waals surface area contributed by atoms with Crippen LogP contribution in [0.3, 0.4) is 0 Å². The summed E-state index contributed by atoms with van der Waals surface area (Å²) in [7, 11) is 0. The molecule has 1 atom stereocenters. The van der Waals surface area contributed by atoms with Crippen LogP contribution in [0.2, 0.25) is 0 Å². The van der Waals surface area contributed by atoms with Gasteiger partial charge in [0.1, 0.15) is 0 Å². The Labute approximate surface area is 123 Å². The molecule has 0 aliphatic rings. The van der Waals surface area contributed by atoms with Gasteiger partial charge >= 0.3 is 0 Å². The van der Waals surface area contributed by atoms with Crippen molar-refractivity contribution in [3.63, 3.8) is 0 Å². The van der Waals surface area contributed by atoms with Gasteiger partial charge < -0.3 is 0 Å². The standard InChI is InChI=1S/C17H17ClF2/c1-12-3-2-4-13(9-12)5-7-15(18)10-14-6-8-16(19)17(20)11-14/h2-4,6,8-9,11,15H,5,7,10H2,1H3. The summed E-state index contributed by atoms with van der Waals surface area (Å²) < 4.78 is 25.9. The normalized spacial score (nSPS) is 12.4. The third-order valence-corrected chi connectivity index (χ3v) is 3.64. The minimum atomic E-state index is -0.820. The molecule has 2 aromatic carbocycles. The van der Waals surface area contributed by atoms with Crippen molar-refractivity contribution in [1.82, 2.24) is 0 Å². The molecule has 0 bridgehead atoms. The summed E-state index contributed by atoms with van der Waals surface area (Å²) in [5.74, 6) is -1.63. The van der Waals surface area contributed by atoms with E-state index in [-0.39, 0.29) is 5.38 Å². The third-order valence-electron chi connectivity index (χ3n) is 3.27. The molecule has 0 aliphatic heterocycles. The average molecular weight is 295 g/mol. The number of hydrogen-bond acceptors (Lipinski definition) is 0. The van der Waals surface area contributed by atoms with Gasteiger partial charge in [-0.05, 0) is 49.4 Å². The van der Waals surface area contributed by atoms with Gasteiger partial charge in [-0.15, -0.1) is 11.6 Å². The van der Waals surface area contributed by atoms with Crippen LogP contribution in [0.4, 0.5) is 8.78 Å². The van der Waals surface area contributed by atoms with E-state index in [0.717, 1.165) is 24.5 Å². The van der Waals surface area contributed by atoms with Crippen molar-refractivity contribution in [2.75, 3.05) is 0 Å². The van der Waals surface area contributed by atoms with Crippen molar-refractivity contribution in [3.8, 4) is 0 Å². The number of halogens is 3. The van der Waals surface area contributed by atoms with Gasteiger partial charge in [0.05, 0.1) is 0 Å². The summed E-state index contributed by atoms with van der Waals surface area (Å²) in [6, 6.07) is 12.3. The lowest BCUT2D eigenvalue weighted by molar-refractivity contribution is 0.506. The van der Waals surface area contributed by atoms with Gasteiger partial charge in [-0.1, -0.05) is 35.9 Å². The van der Waals surface area contributed by atoms with Crippen LogP contribution in [0.25, 0.3) is 0 Å². The molecular weight excluding hydrogens is 278 g/mol. The summed E-state index contributed by atoms with van der Waals surface area (Å²) in [5.41, 5.74) is 3.21. The highest BCUT2D eigenvalue weighted by atomic mass is 35.5. The Balaban J connectivity index is 1.89. The zero-order valence-electron chi connectivity index (χ0n) is 11.4. The van der Waals surface area contributed by atoms with Gasteiger partial charge in [-0.3, -0.25) is 0 Å². The minimum absolute atomic E-state index is 0.0830. The molecule has 0 saturated heterocycles. The molecule has 0 radical (unpaired) electrons. The highest BCUT2D eigenvalue weighted by Crippen LogP contribution is 2.17. The number of alkyl halides is 1. The molecular formula is C17H17ClF2. The number of hydrogen-bond donors (Lipinski definition) is 0. The van der Waals surface area contributed by atoms with E-state index < -0.39 is 11.6 Å². The van der Waals surface area contributed by atoms with E-state index >= 15 is 0 Å². The zero-order valence-corrected chi connectivity index (χ0v) is 12.1. The largest absolute Gasteiger partial charge is 0.204 e. The van der Waals surface area contributed by atoms with E-state index in [4.69, 9.17) is 11.6 Å². The second kappa shape index (κ2) is 6.85. The molecule has 0 aliphatic carbocycles. The minimum Gasteiger partial charge on any atom is -0.204 e. The van der Waals surface area contributed by atoms with Gasteiger partial charge in [0.2, 0.25) is 0 Å². The Bertz CT molecular complexity index is 581. The van der Waals surface area contributed by atoms with Crippen LogP contribution in [-0.4, -0.2) is 5.38 Å². The molecule has 20 heavy (non-hydrogen) atoms. The number of rotatable bonds is 5. The predicted molar refractivity (Wildman–Crippen MR) is 79.2 cm³/mol. The van der Waals surface area contributed by atoms with Crippen LogP contribution in [0.1, 0.15) is 23.1 Å². The Morgan fingerprint density at radius 2 is 1.80 bits per heavy atom. The summed E-state index contributed by atoms with van der Waals surface area (Å²) in [5, 5.41) is -0.0830. The first-order chi connectivity index (χ1) is 9.54. The van der Waals surface area contributed by atoms with Gasteiger partial charge in [0, 0.05) is 5.38 Å². The molecule has 2 rings (SSSR count). The van der Waals surface area contributed by atoms with Crippen LogP contribution in [0.15, 0.2) is 42.5 Å². The molecule has 0 fully saturated rings. The second-order valence-electron chi connectivity index (χ2n) is 5.08. The molecule has 0 amide bonds. The second-order valence-corrected chi connectivity index (χ2v) is 5.69. The van der Waals surface area contributed by atoms with Crippen LogP contribution in [-0.2, 0) is 12.8 Å². The molecule has 3 heteroatoms. The lowest BCUT2D eigenvalue weighted by Gasteiger charge is -2.10. The van der Waals surface area contributed by atoms with Gasteiger partial charge in [0.15, 0.2) is 11.6 Å². The maximum Gasteiger partial charge on any atom is 0.159 e. The maximum atomic E-state index is 13.1. The summed E-state index contributed by atoms with van der Waals surface area (Å²) in [6.07, 6.45) is 2.24. The van der Waals surface area contributed by atoms with Crippen molar-refractivity contribution < 1.29 is 8.78 Å². The van der Waals surface area contributed by atoms with Crippen LogP contribution in [0, 0.1) is 18.6 Å². The Hall–Kier alpha value is -1.41. The van der Waals surface area contributed by atoms with Gasteiger partial charge in [0.25, 0.3) is 0 Å². The molecule has 0 spiro atoms. The van der Waals surface area contributed by atoms with E-state index in [1.165, 1.54) is 17.2 Å². The van der Waals surface area contributed by atoms with Crippen molar-refractivity contribution in [2.24, 2.45) is 0 Å². The molecule has 0 N–H and O–H groups in total. The fourth-order valence-electron chi connectivity index (χ4n) is 2.22. The SMILES string of the molecule is Cc1cccc(CCC(Cl)Cc2ccc(F)c(F)c2)c1. The van der Waals surface area contributed by atoms with Crippen LogP contribution >= 0.6 is 11.6 Å². The first-order valence-electron chi connectivity index (χ1n) is 6.68. The van der Waals surface area contributed by atoms with E-state index in [1.54, 1.807) is 6.07 Å². The summed E-state index contributed by atoms with van der Waals surface area (Å²) in [4.78, 5) is 0. The van der Waals surface area contributed by atoms with E-state index in [0.29, 0.717) is 6.42 Å². The van der Waals surface area contributed by atoms with Crippen molar-refractivity contribution in [3.05, 3.63) is 70.8 Å². The highest BCUT2D eigenvalue weighted by Gasteiger charge is 2.09. The molecule has 106 valence electrons. The van der Waals surface area contributed by atoms with Gasteiger partial charge in [-0.25, -0.2) is 8.78 Å². The average Bonchev–Trinajstić information content (AvgIpc) is 2.41. The molecule has 0 saturated carbocycles. The maximum absolute atomic E-state index is 13.1. The van der Waals surface area contributed by atoms with E-state index in [1.807, 2.05) is 6.07 Å². The summed E-state index contributed by atoms with van der Waals surface area (Å²) in [6.45, 7) is 2.06. The Morgan fingerprint density at radius 1 is 1.00 bits per heavy atom. The fraction of sp³-hybridized carbons (Fsp3) is 0.294. The van der Waals surface area contributed by atoms with Crippen molar-refractivity contribution in [2.45, 2.75) is 31.6 Å². The molecule has 1 unspecified atom stereocenters. The van der Waals surface area contributed by atoms with E-state index in [2.05, 4.69) is 25.1 Å². The molecule has 0 aromatic heterocycles. The van der Waals surface area contributed by atoms with Crippen molar-refractivity contribution in [1.29, 1.82) is 0 Å². The summed E-state index contributed by atoms with van der Waals surface area (Å²) >= 11 is 6.28. The molecule has 0 nitrogen and oxygen atoms in total. The third kappa shape index (κ3) is 4.31. The van der Waals surface area contributed by atoms with E-state index in [9.17, 15) is 8.78 Å². The first kappa shape index (κ1) is 15.0. The lowest BCUT2D eigenvalue weighted by atomic mass is 10.0. The first-order valence-corrected chi connectivity index (χ1v) is 7.12. The smallest absolute Gasteiger partial charge is 0.159 e. The number of benzene rings is 2. The molecule has 2 aromatic rings. The topological polar surface area (TPSA) is 0 Å². The van der Waals surface area contributed by atoms with Crippen LogP contribution < -0.4 is 0 Å². The van der Waals surface area contributed by atoms with Crippen molar-refractivity contribution >= 4 is 11.6 Å². The van der Waals surface area contributed by atoms with Gasteiger partial charge in [-0.2, -0.15) is 0 Å². The Morgan fingerprint density at radius 3 is 2.50 bits per heavy atom.